The summed E-state index contributed by atoms with van der Waals surface area (Å²) in [5.74, 6) is 0. The van der Waals surface area contributed by atoms with Gasteiger partial charge in [-0.1, -0.05) is 12.1 Å². The van der Waals surface area contributed by atoms with Crippen LogP contribution in [0.2, 0.25) is 0 Å². The lowest BCUT2D eigenvalue weighted by atomic mass is 10.3. The summed E-state index contributed by atoms with van der Waals surface area (Å²) in [6.07, 6.45) is 0. The first-order valence-corrected chi connectivity index (χ1v) is 3.38. The summed E-state index contributed by atoms with van der Waals surface area (Å²) in [6.45, 7) is 0. The van der Waals surface area contributed by atoms with E-state index in [-0.39, 0.29) is 6.01 Å². The monoisotopic (exact) mass is 159 g/mol. The van der Waals surface area contributed by atoms with Crippen LogP contribution in [0.4, 0.5) is 6.01 Å². The molecule has 0 aliphatic rings. The molecule has 12 heavy (non-hydrogen) atoms. The Hall–Kier alpha value is -1.93. The van der Waals surface area contributed by atoms with Crippen molar-refractivity contribution in [1.29, 1.82) is 5.41 Å². The number of aromatic nitrogens is 1. The lowest BCUT2D eigenvalue weighted by Crippen LogP contribution is -1.63. The fourth-order valence-electron chi connectivity index (χ4n) is 0.956. The maximum Gasteiger partial charge on any atom is 0.332 e. The fourth-order valence-corrected chi connectivity index (χ4v) is 0.956. The molecule has 0 fully saturated rings. The quantitative estimate of drug-likeness (QED) is 0.648. The van der Waals surface area contributed by atoms with Gasteiger partial charge in [0.15, 0.2) is 5.58 Å². The van der Waals surface area contributed by atoms with Gasteiger partial charge in [0.05, 0.1) is 6.01 Å². The van der Waals surface area contributed by atoms with E-state index in [2.05, 4.69) is 9.98 Å². The highest BCUT2D eigenvalue weighted by Crippen LogP contribution is 2.19. The van der Waals surface area contributed by atoms with E-state index in [4.69, 9.17) is 9.83 Å². The molecular weight excluding hydrogens is 154 g/mol. The van der Waals surface area contributed by atoms with Crippen LogP contribution in [0.3, 0.4) is 0 Å². The van der Waals surface area contributed by atoms with Crippen molar-refractivity contribution in [2.45, 2.75) is 0 Å². The Kier molecular flexibility index (Phi) is 1.47. The number of nitrogens with zero attached hydrogens (tertiary/aromatic N) is 2. The molecule has 2 rings (SSSR count). The average molecular weight is 159 g/mol. The van der Waals surface area contributed by atoms with Crippen LogP contribution in [0.15, 0.2) is 33.7 Å². The molecule has 0 bridgehead atoms. The Bertz CT molecular complexity index is 421. The number of aliphatic imine (C=N–C) groups is 1. The summed E-state index contributed by atoms with van der Waals surface area (Å²) in [7, 11) is 0. The largest absolute Gasteiger partial charge is 0.421 e. The van der Waals surface area contributed by atoms with Gasteiger partial charge in [0, 0.05) is 0 Å². The smallest absolute Gasteiger partial charge is 0.332 e. The summed E-state index contributed by atoms with van der Waals surface area (Å²) < 4.78 is 5.15. The van der Waals surface area contributed by atoms with Crippen LogP contribution in [0.5, 0.6) is 0 Å². The second kappa shape index (κ2) is 2.60. The lowest BCUT2D eigenvalue weighted by Gasteiger charge is -1.79. The normalized spacial score (nSPS) is 9.67. The van der Waals surface area contributed by atoms with Gasteiger partial charge in [-0.05, 0) is 12.1 Å². The molecule has 0 amide bonds. The second-order valence-corrected chi connectivity index (χ2v) is 2.19. The molecule has 0 atom stereocenters. The van der Waals surface area contributed by atoms with E-state index in [0.29, 0.717) is 5.58 Å². The summed E-state index contributed by atoms with van der Waals surface area (Å²) >= 11 is 0. The summed E-state index contributed by atoms with van der Waals surface area (Å²) in [4.78, 5) is 7.47. The Balaban J connectivity index is 2.69. The molecule has 4 nitrogen and oxygen atoms in total. The van der Waals surface area contributed by atoms with Crippen molar-refractivity contribution < 1.29 is 4.42 Å². The zero-order valence-electron chi connectivity index (χ0n) is 6.11. The minimum absolute atomic E-state index is 0.172. The average Bonchev–Trinajstić information content (AvgIpc) is 2.47. The topological polar surface area (TPSA) is 62.2 Å². The zero-order chi connectivity index (χ0) is 8.39. The van der Waals surface area contributed by atoms with Crippen LogP contribution in [-0.2, 0) is 0 Å². The SMILES string of the molecule is N=C=Nc1nc2ccccc2o1. The Morgan fingerprint density at radius 2 is 2.25 bits per heavy atom. The van der Waals surface area contributed by atoms with Gasteiger partial charge >= 0.3 is 6.01 Å². The second-order valence-electron chi connectivity index (χ2n) is 2.19. The molecule has 2 aromatic rings. The number of oxazole rings is 1. The highest BCUT2D eigenvalue weighted by Gasteiger charge is 2.01. The molecule has 1 aromatic heterocycles. The van der Waals surface area contributed by atoms with Crippen LogP contribution in [0, 0.1) is 5.41 Å². The van der Waals surface area contributed by atoms with Gasteiger partial charge in [0.25, 0.3) is 0 Å². The van der Waals surface area contributed by atoms with E-state index in [1.165, 1.54) is 0 Å². The van der Waals surface area contributed by atoms with E-state index in [9.17, 15) is 0 Å². The molecule has 1 heterocycles. The van der Waals surface area contributed by atoms with Crippen LogP contribution >= 0.6 is 0 Å². The molecular formula is C8H5N3O. The van der Waals surface area contributed by atoms with E-state index < -0.39 is 0 Å². The first kappa shape index (κ1) is 6.76. The molecule has 0 aliphatic heterocycles. The predicted octanol–water partition coefficient (Wildman–Crippen LogP) is 2.21. The van der Waals surface area contributed by atoms with Crippen molar-refractivity contribution in [3.8, 4) is 0 Å². The van der Waals surface area contributed by atoms with Crippen molar-refractivity contribution in [2.24, 2.45) is 4.99 Å². The van der Waals surface area contributed by atoms with Gasteiger partial charge in [-0.15, -0.1) is 4.99 Å². The number of para-hydroxylation sites is 2. The number of nitrogens with one attached hydrogen (secondary N) is 1. The molecule has 58 valence electrons. The highest BCUT2D eigenvalue weighted by atomic mass is 16.4. The van der Waals surface area contributed by atoms with Crippen molar-refractivity contribution in [3.05, 3.63) is 24.3 Å². The molecule has 0 saturated carbocycles. The van der Waals surface area contributed by atoms with Crippen molar-refractivity contribution in [3.63, 3.8) is 0 Å². The predicted molar refractivity (Wildman–Crippen MR) is 43.8 cm³/mol. The first-order chi connectivity index (χ1) is 5.90. The van der Waals surface area contributed by atoms with Gasteiger partial charge in [-0.25, -0.2) is 5.41 Å². The zero-order valence-corrected chi connectivity index (χ0v) is 6.11. The Morgan fingerprint density at radius 3 is 3.00 bits per heavy atom. The molecule has 1 N–H and O–H groups in total. The van der Waals surface area contributed by atoms with Gasteiger partial charge in [0.1, 0.15) is 5.52 Å². The molecule has 0 spiro atoms. The third-order valence-corrected chi connectivity index (χ3v) is 1.43. The number of fused-ring (bicyclic) bond motifs is 1. The third-order valence-electron chi connectivity index (χ3n) is 1.43. The van der Waals surface area contributed by atoms with Crippen LogP contribution in [0.1, 0.15) is 0 Å². The van der Waals surface area contributed by atoms with Gasteiger partial charge in [0.2, 0.25) is 0 Å². The maximum atomic E-state index is 6.60. The van der Waals surface area contributed by atoms with Crippen LogP contribution in [0.25, 0.3) is 11.1 Å². The lowest BCUT2D eigenvalue weighted by molar-refractivity contribution is 0.614. The van der Waals surface area contributed by atoms with Crippen LogP contribution < -0.4 is 0 Å². The molecule has 1 aromatic carbocycles. The van der Waals surface area contributed by atoms with E-state index in [1.54, 1.807) is 6.07 Å². The minimum Gasteiger partial charge on any atom is -0.421 e. The minimum atomic E-state index is 0.172. The van der Waals surface area contributed by atoms with E-state index in [1.807, 2.05) is 24.2 Å². The van der Waals surface area contributed by atoms with Gasteiger partial charge in [-0.3, -0.25) is 0 Å². The Labute approximate surface area is 68.1 Å². The van der Waals surface area contributed by atoms with Crippen molar-refractivity contribution in [1.82, 2.24) is 4.98 Å². The highest BCUT2D eigenvalue weighted by molar-refractivity contribution is 5.73. The molecule has 0 saturated heterocycles. The summed E-state index contributed by atoms with van der Waals surface area (Å²) in [5, 5.41) is 6.60. The number of hydrogen-bond donors (Lipinski definition) is 1. The standard InChI is InChI=1S/C8H5N3O/c9-5-10-8-11-6-3-1-2-4-7(6)12-8/h1-4,9H. The maximum absolute atomic E-state index is 6.60. The van der Waals surface area contributed by atoms with Crippen molar-refractivity contribution in [2.75, 3.05) is 0 Å². The van der Waals surface area contributed by atoms with Gasteiger partial charge in [-0.2, -0.15) is 4.98 Å². The number of benzene rings is 1. The molecule has 0 radical (unpaired) electrons. The molecule has 4 heteroatoms. The van der Waals surface area contributed by atoms with E-state index >= 15 is 0 Å². The number of hydrogen-bond acceptors (Lipinski definition) is 4. The number of rotatable bonds is 1. The third kappa shape index (κ3) is 1.00. The van der Waals surface area contributed by atoms with E-state index in [0.717, 1.165) is 5.52 Å². The van der Waals surface area contributed by atoms with Gasteiger partial charge < -0.3 is 4.42 Å². The Morgan fingerprint density at radius 1 is 1.42 bits per heavy atom. The van der Waals surface area contributed by atoms with Crippen molar-refractivity contribution >= 4 is 23.1 Å². The first-order valence-electron chi connectivity index (χ1n) is 3.38. The van der Waals surface area contributed by atoms with Crippen LogP contribution in [-0.4, -0.2) is 11.0 Å². The summed E-state index contributed by atoms with van der Waals surface area (Å²) in [6, 6.07) is 9.37. The fraction of sp³-hybridized carbons (Fsp3) is 0. The molecule has 0 aliphatic carbocycles. The summed E-state index contributed by atoms with van der Waals surface area (Å²) in [5.41, 5.74) is 1.41. The molecule has 0 unspecified atom stereocenters.